The maximum Gasteiger partial charge on any atom is 0.211 e. The molecule has 4 rings (SSSR count). The quantitative estimate of drug-likeness (QED) is 0.232. The lowest BCUT2D eigenvalue weighted by atomic mass is 9.95. The monoisotopic (exact) mass is 546 g/mol. The number of hydrogen-bond donors (Lipinski definition) is 2. The van der Waals surface area contributed by atoms with Gasteiger partial charge in [-0.1, -0.05) is 70.4 Å². The molecule has 0 heterocycles. The number of anilines is 2. The van der Waals surface area contributed by atoms with Gasteiger partial charge >= 0.3 is 0 Å². The number of rotatable bonds is 5. The summed E-state index contributed by atoms with van der Waals surface area (Å²) in [5, 5.41) is 5.91. The van der Waals surface area contributed by atoms with Crippen LogP contribution in [0.1, 0.15) is 64.2 Å². The first-order chi connectivity index (χ1) is 15.2. The third-order valence-electron chi connectivity index (χ3n) is 6.22. The maximum absolute atomic E-state index is 5.19. The molecule has 0 bridgehead atoms. The molecule has 2 aliphatic rings. The first-order valence-electron chi connectivity index (χ1n) is 11.6. The van der Waals surface area contributed by atoms with Crippen LogP contribution in [0.5, 0.6) is 0 Å². The van der Waals surface area contributed by atoms with Crippen molar-refractivity contribution in [3.8, 4) is 0 Å². The van der Waals surface area contributed by atoms with Crippen LogP contribution >= 0.6 is 31.9 Å². The summed E-state index contributed by atoms with van der Waals surface area (Å²) in [6.45, 7) is 0. The number of guanidine groups is 1. The molecular weight excluding hydrogens is 516 g/mol. The van der Waals surface area contributed by atoms with E-state index in [0.29, 0.717) is 12.1 Å². The van der Waals surface area contributed by atoms with Gasteiger partial charge in [0.1, 0.15) is 0 Å². The summed E-state index contributed by atoms with van der Waals surface area (Å²) in [5.74, 6) is 0.907. The van der Waals surface area contributed by atoms with Crippen molar-refractivity contribution >= 4 is 49.2 Å². The number of benzene rings is 2. The Morgan fingerprint density at radius 2 is 1.19 bits per heavy atom. The number of hydrogen-bond acceptors (Lipinski definition) is 2. The van der Waals surface area contributed by atoms with Crippen molar-refractivity contribution in [1.82, 2.24) is 10.7 Å². The van der Waals surface area contributed by atoms with Gasteiger partial charge < -0.3 is 5.32 Å². The number of nitrogens with zero attached hydrogens (tertiary/aromatic N) is 2. The Morgan fingerprint density at radius 1 is 0.710 bits per heavy atom. The summed E-state index contributed by atoms with van der Waals surface area (Å²) in [4.78, 5) is 5.19. The van der Waals surface area contributed by atoms with E-state index in [9.17, 15) is 0 Å². The highest BCUT2D eigenvalue weighted by Gasteiger charge is 2.20. The Bertz CT molecular complexity index is 793. The van der Waals surface area contributed by atoms with E-state index in [1.807, 2.05) is 0 Å². The van der Waals surface area contributed by atoms with Crippen LogP contribution in [0.2, 0.25) is 0 Å². The van der Waals surface area contributed by atoms with Crippen LogP contribution in [0.3, 0.4) is 0 Å². The third kappa shape index (κ3) is 6.72. The number of nitrogens with one attached hydrogen (secondary N) is 2. The summed E-state index contributed by atoms with van der Waals surface area (Å²) in [6, 6.07) is 17.7. The zero-order chi connectivity index (χ0) is 21.5. The summed E-state index contributed by atoms with van der Waals surface area (Å²) < 4.78 is 2.15. The van der Waals surface area contributed by atoms with Crippen molar-refractivity contribution in [1.29, 1.82) is 0 Å². The maximum atomic E-state index is 5.19. The van der Waals surface area contributed by atoms with Crippen molar-refractivity contribution in [3.63, 3.8) is 0 Å². The van der Waals surface area contributed by atoms with Crippen LogP contribution in [-0.2, 0) is 0 Å². The Morgan fingerprint density at radius 3 is 1.71 bits per heavy atom. The van der Waals surface area contributed by atoms with Gasteiger partial charge in [-0.05, 0) is 74.2 Å². The fourth-order valence-electron chi connectivity index (χ4n) is 4.50. The first-order valence-corrected chi connectivity index (χ1v) is 13.2. The minimum Gasteiger partial charge on any atom is -0.352 e. The van der Waals surface area contributed by atoms with Gasteiger partial charge in [0, 0.05) is 15.0 Å². The normalized spacial score (nSPS) is 18.6. The molecule has 166 valence electrons. The molecule has 0 amide bonds. The van der Waals surface area contributed by atoms with Gasteiger partial charge in [-0.25, -0.2) is 4.99 Å². The molecule has 0 spiro atoms. The Labute approximate surface area is 203 Å². The van der Waals surface area contributed by atoms with Crippen molar-refractivity contribution in [2.45, 2.75) is 76.3 Å². The SMILES string of the molecule is Brc1ccc(N(NC(=NC2CCCCC2)NC2CCCCC2)c2ccc(Br)cc2)cc1. The smallest absolute Gasteiger partial charge is 0.211 e. The van der Waals surface area contributed by atoms with Crippen LogP contribution in [0.15, 0.2) is 62.5 Å². The summed E-state index contributed by atoms with van der Waals surface area (Å²) >= 11 is 7.12. The highest BCUT2D eigenvalue weighted by molar-refractivity contribution is 9.10. The van der Waals surface area contributed by atoms with Crippen molar-refractivity contribution < 1.29 is 0 Å². The van der Waals surface area contributed by atoms with E-state index in [2.05, 4.69) is 96.1 Å². The van der Waals surface area contributed by atoms with Crippen LogP contribution < -0.4 is 15.8 Å². The Hall–Kier alpha value is -1.53. The topological polar surface area (TPSA) is 39.7 Å². The van der Waals surface area contributed by atoms with E-state index < -0.39 is 0 Å². The van der Waals surface area contributed by atoms with Gasteiger partial charge in [0.25, 0.3) is 0 Å². The van der Waals surface area contributed by atoms with Crippen molar-refractivity contribution in [2.75, 3.05) is 5.01 Å². The average molecular weight is 548 g/mol. The van der Waals surface area contributed by atoms with Gasteiger partial charge in [-0.15, -0.1) is 0 Å². The molecule has 31 heavy (non-hydrogen) atoms. The van der Waals surface area contributed by atoms with Crippen LogP contribution in [-0.4, -0.2) is 18.0 Å². The van der Waals surface area contributed by atoms with E-state index in [4.69, 9.17) is 4.99 Å². The van der Waals surface area contributed by atoms with Crippen LogP contribution in [0.25, 0.3) is 0 Å². The van der Waals surface area contributed by atoms with Crippen LogP contribution in [0.4, 0.5) is 11.4 Å². The summed E-state index contributed by atoms with van der Waals surface area (Å²) in [5.41, 5.74) is 5.81. The zero-order valence-electron chi connectivity index (χ0n) is 18.0. The second-order valence-electron chi connectivity index (χ2n) is 8.65. The molecule has 2 N–H and O–H groups in total. The molecule has 2 saturated carbocycles. The molecule has 2 fully saturated rings. The van der Waals surface area contributed by atoms with Gasteiger partial charge in [-0.2, -0.15) is 0 Å². The first kappa shape index (κ1) is 22.7. The highest BCUT2D eigenvalue weighted by atomic mass is 79.9. The van der Waals surface area contributed by atoms with Crippen LogP contribution in [0, 0.1) is 0 Å². The molecule has 4 nitrogen and oxygen atoms in total. The molecule has 6 heteroatoms. The number of halogens is 2. The highest BCUT2D eigenvalue weighted by Crippen LogP contribution is 2.27. The van der Waals surface area contributed by atoms with Crippen molar-refractivity contribution in [2.24, 2.45) is 4.99 Å². The fraction of sp³-hybridized carbons (Fsp3) is 0.480. The summed E-state index contributed by atoms with van der Waals surface area (Å²) in [6.07, 6.45) is 12.7. The largest absolute Gasteiger partial charge is 0.352 e. The lowest BCUT2D eigenvalue weighted by molar-refractivity contribution is 0.404. The molecule has 0 unspecified atom stereocenters. The predicted octanol–water partition coefficient (Wildman–Crippen LogP) is 7.47. The molecule has 0 aromatic heterocycles. The lowest BCUT2D eigenvalue weighted by Crippen LogP contribution is -2.50. The third-order valence-corrected chi connectivity index (χ3v) is 7.28. The van der Waals surface area contributed by atoms with E-state index in [1.54, 1.807) is 0 Å². The molecular formula is C25H32Br2N4. The second-order valence-corrected chi connectivity index (χ2v) is 10.5. The Balaban J connectivity index is 1.62. The zero-order valence-corrected chi connectivity index (χ0v) is 21.2. The number of hydrazine groups is 1. The Kier molecular flexibility index (Phi) is 8.31. The van der Waals surface area contributed by atoms with E-state index in [1.165, 1.54) is 64.2 Å². The predicted molar refractivity (Wildman–Crippen MR) is 138 cm³/mol. The van der Waals surface area contributed by atoms with Gasteiger partial charge in [-0.3, -0.25) is 10.4 Å². The van der Waals surface area contributed by atoms with Gasteiger partial charge in [0.05, 0.1) is 17.4 Å². The van der Waals surface area contributed by atoms with E-state index in [0.717, 1.165) is 26.3 Å². The average Bonchev–Trinajstić information content (AvgIpc) is 2.80. The molecule has 2 aromatic carbocycles. The minimum absolute atomic E-state index is 0.407. The molecule has 0 saturated heterocycles. The molecule has 2 aromatic rings. The van der Waals surface area contributed by atoms with E-state index >= 15 is 0 Å². The molecule has 0 atom stereocenters. The van der Waals surface area contributed by atoms with E-state index in [-0.39, 0.29) is 0 Å². The van der Waals surface area contributed by atoms with Crippen molar-refractivity contribution in [3.05, 3.63) is 57.5 Å². The van der Waals surface area contributed by atoms with Gasteiger partial charge in [0.2, 0.25) is 5.96 Å². The number of aliphatic imine (C=N–C) groups is 1. The fourth-order valence-corrected chi connectivity index (χ4v) is 5.02. The lowest BCUT2D eigenvalue weighted by Gasteiger charge is -2.32. The summed E-state index contributed by atoms with van der Waals surface area (Å²) in [7, 11) is 0. The molecule has 0 aliphatic heterocycles. The molecule has 2 aliphatic carbocycles. The standard InChI is InChI=1S/C25H32Br2N4/c26-19-11-15-23(16-12-19)31(24-17-13-20(27)14-18-24)30-25(28-21-7-3-1-4-8-21)29-22-9-5-2-6-10-22/h11-18,21-22H,1-10H2,(H2,28,29,30). The minimum atomic E-state index is 0.407. The van der Waals surface area contributed by atoms with Gasteiger partial charge in [0.15, 0.2) is 0 Å². The second kappa shape index (κ2) is 11.4. The molecule has 0 radical (unpaired) electrons.